The van der Waals surface area contributed by atoms with Crippen LogP contribution in [0.3, 0.4) is 0 Å². The molecule has 1 aliphatic rings. The van der Waals surface area contributed by atoms with Crippen molar-refractivity contribution in [1.29, 1.82) is 0 Å². The van der Waals surface area contributed by atoms with Gasteiger partial charge in [-0.15, -0.1) is 0 Å². The molecular formula is C24H21N7O. The van der Waals surface area contributed by atoms with Gasteiger partial charge in [-0.1, -0.05) is 30.3 Å². The maximum absolute atomic E-state index is 13.2. The molecule has 3 N–H and O–H groups in total. The molecule has 1 aliphatic heterocycles. The number of aromatic nitrogens is 5. The smallest absolute Gasteiger partial charge is 0.291 e. The van der Waals surface area contributed by atoms with Crippen LogP contribution in [0.15, 0.2) is 67.0 Å². The first-order valence-electron chi connectivity index (χ1n) is 10.6. The SMILES string of the molecule is O=C(c1nc2cc3[nH][nH]c(-c4ccncc4)c3cc2n1)N1CCNC(c2ccccc2)C1. The number of rotatable bonds is 3. The number of aromatic amines is 2. The zero-order valence-corrected chi connectivity index (χ0v) is 17.2. The van der Waals surface area contributed by atoms with E-state index >= 15 is 0 Å². The summed E-state index contributed by atoms with van der Waals surface area (Å²) in [6, 6.07) is 18.1. The molecule has 0 radical (unpaired) electrons. The molecule has 32 heavy (non-hydrogen) atoms. The number of H-pyrrole nitrogens is 2. The number of amides is 1. The zero-order chi connectivity index (χ0) is 21.5. The van der Waals surface area contributed by atoms with Crippen molar-refractivity contribution in [3.8, 4) is 11.3 Å². The minimum absolute atomic E-state index is 0.106. The Hall–Kier alpha value is -4.04. The highest BCUT2D eigenvalue weighted by molar-refractivity contribution is 6.02. The van der Waals surface area contributed by atoms with Crippen LogP contribution in [-0.4, -0.2) is 55.6 Å². The number of carbonyl (C=O) groups excluding carboxylic acids is 1. The Kier molecular flexibility index (Phi) is 4.43. The fourth-order valence-electron chi connectivity index (χ4n) is 4.34. The van der Waals surface area contributed by atoms with Crippen LogP contribution in [0.4, 0.5) is 0 Å². The highest BCUT2D eigenvalue weighted by Crippen LogP contribution is 2.29. The summed E-state index contributed by atoms with van der Waals surface area (Å²) >= 11 is 0. The highest BCUT2D eigenvalue weighted by atomic mass is 16.2. The van der Waals surface area contributed by atoms with Gasteiger partial charge in [0.25, 0.3) is 5.91 Å². The van der Waals surface area contributed by atoms with E-state index in [-0.39, 0.29) is 17.8 Å². The van der Waals surface area contributed by atoms with E-state index in [1.807, 2.05) is 47.4 Å². The van der Waals surface area contributed by atoms with E-state index in [9.17, 15) is 4.79 Å². The molecule has 0 bridgehead atoms. The number of hydrogen-bond donors (Lipinski definition) is 3. The molecule has 2 aromatic carbocycles. The van der Waals surface area contributed by atoms with Crippen LogP contribution in [0.2, 0.25) is 0 Å². The molecule has 1 saturated heterocycles. The average molecular weight is 423 g/mol. The topological polar surface area (TPSA) is 103 Å². The molecule has 0 spiro atoms. The Balaban J connectivity index is 1.31. The number of carbonyl (C=O) groups is 1. The Morgan fingerprint density at radius 2 is 1.75 bits per heavy atom. The van der Waals surface area contributed by atoms with Gasteiger partial charge in [-0.05, 0) is 29.8 Å². The van der Waals surface area contributed by atoms with Gasteiger partial charge in [-0.2, -0.15) is 0 Å². The van der Waals surface area contributed by atoms with Crippen molar-refractivity contribution in [3.63, 3.8) is 0 Å². The van der Waals surface area contributed by atoms with Crippen molar-refractivity contribution in [2.24, 2.45) is 0 Å². The molecule has 8 heteroatoms. The fraction of sp³-hybridized carbons (Fsp3) is 0.167. The van der Waals surface area contributed by atoms with E-state index in [1.165, 1.54) is 5.56 Å². The maximum atomic E-state index is 13.2. The minimum atomic E-state index is -0.131. The van der Waals surface area contributed by atoms with E-state index in [4.69, 9.17) is 0 Å². The molecule has 1 unspecified atom stereocenters. The summed E-state index contributed by atoms with van der Waals surface area (Å²) in [5.74, 6) is 0.115. The summed E-state index contributed by atoms with van der Waals surface area (Å²) in [4.78, 5) is 28.3. The van der Waals surface area contributed by atoms with Gasteiger partial charge in [-0.25, -0.2) is 9.97 Å². The molecule has 1 fully saturated rings. The molecule has 4 heterocycles. The minimum Gasteiger partial charge on any atom is -0.333 e. The van der Waals surface area contributed by atoms with Gasteiger partial charge in [0.2, 0.25) is 5.82 Å². The van der Waals surface area contributed by atoms with Gasteiger partial charge in [0, 0.05) is 49.0 Å². The van der Waals surface area contributed by atoms with Crippen LogP contribution in [0.1, 0.15) is 22.2 Å². The predicted octanol–water partition coefficient (Wildman–Crippen LogP) is 3.29. The highest BCUT2D eigenvalue weighted by Gasteiger charge is 2.27. The Morgan fingerprint density at radius 1 is 0.969 bits per heavy atom. The molecule has 5 aromatic rings. The molecule has 3 aromatic heterocycles. The van der Waals surface area contributed by atoms with Crippen molar-refractivity contribution < 1.29 is 4.79 Å². The average Bonchev–Trinajstić information content (AvgIpc) is 3.46. The molecule has 158 valence electrons. The number of fused-ring (bicyclic) bond motifs is 2. The third-order valence-electron chi connectivity index (χ3n) is 5.98. The van der Waals surface area contributed by atoms with E-state index < -0.39 is 0 Å². The Morgan fingerprint density at radius 3 is 2.56 bits per heavy atom. The molecule has 8 nitrogen and oxygen atoms in total. The molecule has 0 saturated carbocycles. The van der Waals surface area contributed by atoms with Gasteiger partial charge < -0.3 is 15.3 Å². The standard InChI is InChI=1S/C24H21N7O/c32-24(31-11-10-26-21(14-31)15-4-2-1-3-5-15)23-27-19-12-17-18(13-20(19)28-23)29-30-22(17)16-6-8-25-9-7-16/h1-9,12-13,21,26,29-30H,10-11,14H2. The third-order valence-corrected chi connectivity index (χ3v) is 5.98. The van der Waals surface area contributed by atoms with E-state index in [1.54, 1.807) is 12.4 Å². The van der Waals surface area contributed by atoms with Crippen LogP contribution in [0, 0.1) is 0 Å². The maximum Gasteiger partial charge on any atom is 0.291 e. The van der Waals surface area contributed by atoms with Crippen molar-refractivity contribution in [2.75, 3.05) is 19.6 Å². The first-order valence-corrected chi connectivity index (χ1v) is 10.6. The summed E-state index contributed by atoms with van der Waals surface area (Å²) in [5, 5.41) is 10.9. The molecular weight excluding hydrogens is 402 g/mol. The van der Waals surface area contributed by atoms with E-state index in [0.29, 0.717) is 24.1 Å². The van der Waals surface area contributed by atoms with Crippen molar-refractivity contribution in [3.05, 3.63) is 78.4 Å². The molecule has 0 aliphatic carbocycles. The van der Waals surface area contributed by atoms with Crippen LogP contribution in [0.5, 0.6) is 0 Å². The normalized spacial score (nSPS) is 16.6. The fourth-order valence-corrected chi connectivity index (χ4v) is 4.34. The summed E-state index contributed by atoms with van der Waals surface area (Å²) in [5.41, 5.74) is 5.47. The lowest BCUT2D eigenvalue weighted by Gasteiger charge is -2.33. The Bertz CT molecular complexity index is 1410. The van der Waals surface area contributed by atoms with Crippen LogP contribution >= 0.6 is 0 Å². The molecule has 1 amide bonds. The van der Waals surface area contributed by atoms with E-state index in [0.717, 1.165) is 28.7 Å². The number of benzene rings is 2. The van der Waals surface area contributed by atoms with Gasteiger partial charge >= 0.3 is 0 Å². The number of imidazole rings is 1. The van der Waals surface area contributed by atoms with Crippen molar-refractivity contribution in [1.82, 2.24) is 35.4 Å². The summed E-state index contributed by atoms with van der Waals surface area (Å²) < 4.78 is 0. The second-order valence-electron chi connectivity index (χ2n) is 7.96. The molecule has 6 rings (SSSR count). The van der Waals surface area contributed by atoms with E-state index in [2.05, 4.69) is 42.6 Å². The number of piperazine rings is 1. The quantitative estimate of drug-likeness (QED) is 0.413. The van der Waals surface area contributed by atoms with Crippen molar-refractivity contribution >= 4 is 27.8 Å². The largest absolute Gasteiger partial charge is 0.333 e. The van der Waals surface area contributed by atoms with Gasteiger partial charge in [0.05, 0.1) is 22.2 Å². The first kappa shape index (κ1) is 18.7. The zero-order valence-electron chi connectivity index (χ0n) is 17.2. The number of hydrogen-bond acceptors (Lipinski definition) is 5. The van der Waals surface area contributed by atoms with Gasteiger partial charge in [0.1, 0.15) is 0 Å². The first-order chi connectivity index (χ1) is 15.8. The predicted molar refractivity (Wildman–Crippen MR) is 122 cm³/mol. The second-order valence-corrected chi connectivity index (χ2v) is 7.96. The number of nitrogens with zero attached hydrogens (tertiary/aromatic N) is 4. The lowest BCUT2D eigenvalue weighted by molar-refractivity contribution is 0.0692. The number of nitrogens with one attached hydrogen (secondary N) is 3. The number of pyridine rings is 1. The van der Waals surface area contributed by atoms with Crippen LogP contribution in [-0.2, 0) is 0 Å². The van der Waals surface area contributed by atoms with Crippen LogP contribution < -0.4 is 5.32 Å². The lowest BCUT2D eigenvalue weighted by atomic mass is 10.0. The van der Waals surface area contributed by atoms with Gasteiger partial charge in [0.15, 0.2) is 0 Å². The third kappa shape index (κ3) is 3.21. The van der Waals surface area contributed by atoms with Crippen LogP contribution in [0.25, 0.3) is 33.2 Å². The Labute approximate surface area is 183 Å². The second kappa shape index (κ2) is 7.58. The van der Waals surface area contributed by atoms with Crippen molar-refractivity contribution in [2.45, 2.75) is 6.04 Å². The monoisotopic (exact) mass is 423 g/mol. The molecule has 1 atom stereocenters. The lowest BCUT2D eigenvalue weighted by Crippen LogP contribution is -2.48. The summed E-state index contributed by atoms with van der Waals surface area (Å²) in [6.07, 6.45) is 3.52. The van der Waals surface area contributed by atoms with Gasteiger partial charge in [-0.3, -0.25) is 14.9 Å². The summed E-state index contributed by atoms with van der Waals surface area (Å²) in [6.45, 7) is 1.96. The summed E-state index contributed by atoms with van der Waals surface area (Å²) in [7, 11) is 0.